The molecule has 1 aliphatic rings. The van der Waals surface area contributed by atoms with E-state index in [4.69, 9.17) is 0 Å². The first-order valence-electron chi connectivity index (χ1n) is 8.17. The SMILES string of the molecule is Cc1ccc(C(=O)N2CCN(C(=O)c3c(F)cccc3F)CC2)cc1F. The number of nitrogens with zero attached hydrogens (tertiary/aromatic N) is 2. The van der Waals surface area contributed by atoms with Gasteiger partial charge in [0.05, 0.1) is 0 Å². The lowest BCUT2D eigenvalue weighted by Gasteiger charge is -2.35. The second-order valence-corrected chi connectivity index (χ2v) is 6.15. The van der Waals surface area contributed by atoms with Crippen LogP contribution in [0.2, 0.25) is 0 Å². The van der Waals surface area contributed by atoms with Crippen molar-refractivity contribution in [3.63, 3.8) is 0 Å². The summed E-state index contributed by atoms with van der Waals surface area (Å²) in [5.41, 5.74) is 0.0878. The molecule has 7 heteroatoms. The van der Waals surface area contributed by atoms with Crippen LogP contribution >= 0.6 is 0 Å². The van der Waals surface area contributed by atoms with Crippen LogP contribution in [-0.4, -0.2) is 47.8 Å². The lowest BCUT2D eigenvalue weighted by Crippen LogP contribution is -2.50. The summed E-state index contributed by atoms with van der Waals surface area (Å²) in [4.78, 5) is 27.6. The fourth-order valence-electron chi connectivity index (χ4n) is 2.88. The van der Waals surface area contributed by atoms with Gasteiger partial charge in [0.25, 0.3) is 11.8 Å². The molecular weight excluding hydrogens is 345 g/mol. The zero-order chi connectivity index (χ0) is 18.8. The van der Waals surface area contributed by atoms with Crippen molar-refractivity contribution in [1.29, 1.82) is 0 Å². The third-order valence-electron chi connectivity index (χ3n) is 4.45. The summed E-state index contributed by atoms with van der Waals surface area (Å²) in [6.45, 7) is 2.31. The molecule has 1 saturated heterocycles. The quantitative estimate of drug-likeness (QED) is 0.824. The van der Waals surface area contributed by atoms with E-state index in [2.05, 4.69) is 0 Å². The highest BCUT2D eigenvalue weighted by molar-refractivity contribution is 5.96. The van der Waals surface area contributed by atoms with E-state index in [0.29, 0.717) is 5.56 Å². The van der Waals surface area contributed by atoms with Crippen molar-refractivity contribution in [3.05, 3.63) is 70.5 Å². The van der Waals surface area contributed by atoms with Gasteiger partial charge in [-0.3, -0.25) is 9.59 Å². The molecule has 0 aliphatic carbocycles. The highest BCUT2D eigenvalue weighted by Gasteiger charge is 2.28. The Kier molecular flexibility index (Phi) is 4.97. The van der Waals surface area contributed by atoms with Crippen LogP contribution in [0.5, 0.6) is 0 Å². The summed E-state index contributed by atoms with van der Waals surface area (Å²) in [5, 5.41) is 0. The van der Waals surface area contributed by atoms with E-state index in [0.717, 1.165) is 12.1 Å². The second-order valence-electron chi connectivity index (χ2n) is 6.15. The predicted molar refractivity (Wildman–Crippen MR) is 89.3 cm³/mol. The Bertz CT molecular complexity index is 842. The molecule has 2 amide bonds. The van der Waals surface area contributed by atoms with Crippen molar-refractivity contribution in [3.8, 4) is 0 Å². The van der Waals surface area contributed by atoms with Crippen LogP contribution in [0.25, 0.3) is 0 Å². The zero-order valence-electron chi connectivity index (χ0n) is 14.1. The molecule has 0 atom stereocenters. The van der Waals surface area contributed by atoms with Crippen LogP contribution in [-0.2, 0) is 0 Å². The summed E-state index contributed by atoms with van der Waals surface area (Å²) in [5.74, 6) is -3.37. The Labute approximate surface area is 148 Å². The van der Waals surface area contributed by atoms with E-state index in [1.807, 2.05) is 0 Å². The van der Waals surface area contributed by atoms with Gasteiger partial charge in [-0.25, -0.2) is 13.2 Å². The molecule has 1 heterocycles. The minimum Gasteiger partial charge on any atom is -0.335 e. The number of carbonyl (C=O) groups is 2. The van der Waals surface area contributed by atoms with Gasteiger partial charge >= 0.3 is 0 Å². The lowest BCUT2D eigenvalue weighted by molar-refractivity contribution is 0.0529. The van der Waals surface area contributed by atoms with Crippen molar-refractivity contribution < 1.29 is 22.8 Å². The Morgan fingerprint density at radius 3 is 1.88 bits per heavy atom. The number of benzene rings is 2. The van der Waals surface area contributed by atoms with Crippen LogP contribution < -0.4 is 0 Å². The van der Waals surface area contributed by atoms with Gasteiger partial charge < -0.3 is 9.80 Å². The summed E-state index contributed by atoms with van der Waals surface area (Å²) in [7, 11) is 0. The van der Waals surface area contributed by atoms with Crippen molar-refractivity contribution in [2.45, 2.75) is 6.92 Å². The van der Waals surface area contributed by atoms with E-state index >= 15 is 0 Å². The topological polar surface area (TPSA) is 40.6 Å². The van der Waals surface area contributed by atoms with Gasteiger partial charge in [0, 0.05) is 31.7 Å². The zero-order valence-corrected chi connectivity index (χ0v) is 14.1. The number of carbonyl (C=O) groups excluding carboxylic acids is 2. The molecule has 0 aromatic heterocycles. The molecule has 1 fully saturated rings. The molecule has 0 unspecified atom stereocenters. The molecule has 26 heavy (non-hydrogen) atoms. The maximum Gasteiger partial charge on any atom is 0.259 e. The van der Waals surface area contributed by atoms with E-state index in [1.54, 1.807) is 13.0 Å². The smallest absolute Gasteiger partial charge is 0.259 e. The van der Waals surface area contributed by atoms with Gasteiger partial charge in [-0.1, -0.05) is 12.1 Å². The van der Waals surface area contributed by atoms with Crippen LogP contribution in [0, 0.1) is 24.4 Å². The molecule has 0 N–H and O–H groups in total. The summed E-state index contributed by atoms with van der Waals surface area (Å²) < 4.78 is 41.2. The number of rotatable bonds is 2. The normalized spacial score (nSPS) is 14.5. The van der Waals surface area contributed by atoms with Gasteiger partial charge in [-0.2, -0.15) is 0 Å². The Hall–Kier alpha value is -2.83. The number of hydrogen-bond donors (Lipinski definition) is 0. The highest BCUT2D eigenvalue weighted by atomic mass is 19.1. The standard InChI is InChI=1S/C19H17F3N2O2/c1-12-5-6-13(11-16(12)22)18(25)23-7-9-24(10-8-23)19(26)17-14(20)3-2-4-15(17)21/h2-6,11H,7-10H2,1H3. The average molecular weight is 362 g/mol. The Morgan fingerprint density at radius 1 is 0.808 bits per heavy atom. The molecule has 2 aromatic carbocycles. The highest BCUT2D eigenvalue weighted by Crippen LogP contribution is 2.17. The molecule has 136 valence electrons. The lowest BCUT2D eigenvalue weighted by atomic mass is 10.1. The van der Waals surface area contributed by atoms with E-state index < -0.39 is 28.9 Å². The average Bonchev–Trinajstić information content (AvgIpc) is 2.63. The molecule has 0 radical (unpaired) electrons. The maximum atomic E-state index is 13.8. The first kappa shape index (κ1) is 18.0. The van der Waals surface area contributed by atoms with Gasteiger partial charge in [0.2, 0.25) is 0 Å². The first-order valence-corrected chi connectivity index (χ1v) is 8.17. The minimum atomic E-state index is -0.913. The molecule has 3 rings (SSSR count). The van der Waals surface area contributed by atoms with Crippen LogP contribution in [0.15, 0.2) is 36.4 Å². The fraction of sp³-hybridized carbons (Fsp3) is 0.263. The van der Waals surface area contributed by atoms with Crippen LogP contribution in [0.4, 0.5) is 13.2 Å². The van der Waals surface area contributed by atoms with Crippen molar-refractivity contribution in [1.82, 2.24) is 9.80 Å². The van der Waals surface area contributed by atoms with Crippen LogP contribution in [0.3, 0.4) is 0 Å². The predicted octanol–water partition coefficient (Wildman–Crippen LogP) is 3.01. The van der Waals surface area contributed by atoms with Crippen molar-refractivity contribution in [2.75, 3.05) is 26.2 Å². The molecule has 4 nitrogen and oxygen atoms in total. The number of hydrogen-bond acceptors (Lipinski definition) is 2. The third kappa shape index (κ3) is 3.42. The summed E-state index contributed by atoms with van der Waals surface area (Å²) in [6, 6.07) is 7.52. The third-order valence-corrected chi connectivity index (χ3v) is 4.45. The van der Waals surface area contributed by atoms with Gasteiger partial charge in [-0.05, 0) is 36.8 Å². The van der Waals surface area contributed by atoms with Gasteiger partial charge in [0.1, 0.15) is 23.0 Å². The number of piperazine rings is 1. The number of amides is 2. The monoisotopic (exact) mass is 362 g/mol. The van der Waals surface area contributed by atoms with E-state index in [-0.39, 0.29) is 37.6 Å². The number of aryl methyl sites for hydroxylation is 1. The maximum absolute atomic E-state index is 13.8. The fourth-order valence-corrected chi connectivity index (χ4v) is 2.88. The number of halogens is 3. The summed E-state index contributed by atoms with van der Waals surface area (Å²) in [6.07, 6.45) is 0. The Balaban J connectivity index is 1.68. The van der Waals surface area contributed by atoms with Crippen molar-refractivity contribution in [2.24, 2.45) is 0 Å². The molecule has 0 spiro atoms. The molecule has 2 aromatic rings. The van der Waals surface area contributed by atoms with E-state index in [1.165, 1.54) is 28.0 Å². The summed E-state index contributed by atoms with van der Waals surface area (Å²) >= 11 is 0. The minimum absolute atomic E-state index is 0.146. The largest absolute Gasteiger partial charge is 0.335 e. The first-order chi connectivity index (χ1) is 12.4. The Morgan fingerprint density at radius 2 is 1.35 bits per heavy atom. The van der Waals surface area contributed by atoms with Crippen molar-refractivity contribution >= 4 is 11.8 Å². The van der Waals surface area contributed by atoms with Crippen LogP contribution in [0.1, 0.15) is 26.3 Å². The second kappa shape index (κ2) is 7.19. The molecule has 1 aliphatic heterocycles. The molecule has 0 bridgehead atoms. The van der Waals surface area contributed by atoms with Gasteiger partial charge in [0.15, 0.2) is 0 Å². The molecule has 0 saturated carbocycles. The molecular formula is C19H17F3N2O2. The van der Waals surface area contributed by atoms with Gasteiger partial charge in [-0.15, -0.1) is 0 Å². The van der Waals surface area contributed by atoms with E-state index in [9.17, 15) is 22.8 Å².